The van der Waals surface area contributed by atoms with E-state index in [1.54, 1.807) is 0 Å². The summed E-state index contributed by atoms with van der Waals surface area (Å²) in [6.07, 6.45) is 3.35. The molecular formula is C14H24N2S. The van der Waals surface area contributed by atoms with Gasteiger partial charge in [0.2, 0.25) is 0 Å². The number of hydrogen-bond donors (Lipinski definition) is 1. The quantitative estimate of drug-likeness (QED) is 0.715. The standard InChI is InChI=1S/C14H24N2S/c1-13(12-17-3)16(2)11-7-10-15-14-8-5-4-6-9-14/h4-6,8-9,13,15H,7,10-12H2,1-3H3. The lowest BCUT2D eigenvalue weighted by Crippen LogP contribution is -2.32. The van der Waals surface area contributed by atoms with Gasteiger partial charge in [-0.3, -0.25) is 0 Å². The van der Waals surface area contributed by atoms with E-state index in [1.807, 2.05) is 17.8 Å². The van der Waals surface area contributed by atoms with Crippen molar-refractivity contribution in [1.29, 1.82) is 0 Å². The van der Waals surface area contributed by atoms with Crippen molar-refractivity contribution in [2.24, 2.45) is 0 Å². The highest BCUT2D eigenvalue weighted by molar-refractivity contribution is 7.98. The molecule has 0 heterocycles. The van der Waals surface area contributed by atoms with Gasteiger partial charge in [0.15, 0.2) is 0 Å². The summed E-state index contributed by atoms with van der Waals surface area (Å²) < 4.78 is 0. The van der Waals surface area contributed by atoms with E-state index in [-0.39, 0.29) is 0 Å². The summed E-state index contributed by atoms with van der Waals surface area (Å²) in [5, 5.41) is 3.44. The molecule has 0 saturated heterocycles. The molecule has 1 unspecified atom stereocenters. The Balaban J connectivity index is 2.12. The molecule has 0 aliphatic carbocycles. The first-order valence-corrected chi connectivity index (χ1v) is 7.61. The van der Waals surface area contributed by atoms with Crippen LogP contribution in [-0.2, 0) is 0 Å². The van der Waals surface area contributed by atoms with Crippen LogP contribution in [0.5, 0.6) is 0 Å². The van der Waals surface area contributed by atoms with E-state index in [0.29, 0.717) is 6.04 Å². The Morgan fingerprint density at radius 3 is 2.65 bits per heavy atom. The van der Waals surface area contributed by atoms with Crippen LogP contribution in [0.1, 0.15) is 13.3 Å². The first-order valence-electron chi connectivity index (χ1n) is 6.22. The molecule has 96 valence electrons. The van der Waals surface area contributed by atoms with E-state index in [2.05, 4.69) is 54.7 Å². The van der Waals surface area contributed by atoms with Crippen LogP contribution in [0.15, 0.2) is 30.3 Å². The number of para-hydroxylation sites is 1. The Morgan fingerprint density at radius 2 is 2.00 bits per heavy atom. The molecule has 0 spiro atoms. The van der Waals surface area contributed by atoms with Gasteiger partial charge in [-0.15, -0.1) is 0 Å². The first-order chi connectivity index (χ1) is 8.24. The molecule has 1 atom stereocenters. The van der Waals surface area contributed by atoms with Crippen molar-refractivity contribution in [2.75, 3.05) is 37.5 Å². The lowest BCUT2D eigenvalue weighted by Gasteiger charge is -2.24. The van der Waals surface area contributed by atoms with E-state index < -0.39 is 0 Å². The maximum Gasteiger partial charge on any atom is 0.0340 e. The zero-order valence-corrected chi connectivity index (χ0v) is 12.0. The summed E-state index contributed by atoms with van der Waals surface area (Å²) in [5.74, 6) is 1.21. The Hall–Kier alpha value is -0.670. The van der Waals surface area contributed by atoms with Crippen molar-refractivity contribution in [1.82, 2.24) is 4.90 Å². The fraction of sp³-hybridized carbons (Fsp3) is 0.571. The minimum atomic E-state index is 0.668. The summed E-state index contributed by atoms with van der Waals surface area (Å²) in [7, 11) is 2.21. The second kappa shape index (κ2) is 8.43. The Morgan fingerprint density at radius 1 is 1.29 bits per heavy atom. The van der Waals surface area contributed by atoms with Gasteiger partial charge in [0.25, 0.3) is 0 Å². The van der Waals surface area contributed by atoms with Crippen LogP contribution in [0.3, 0.4) is 0 Å². The summed E-state index contributed by atoms with van der Waals surface area (Å²) in [6, 6.07) is 11.1. The predicted molar refractivity (Wildman–Crippen MR) is 80.0 cm³/mol. The van der Waals surface area contributed by atoms with Crippen LogP contribution in [0.2, 0.25) is 0 Å². The molecule has 0 aliphatic rings. The smallest absolute Gasteiger partial charge is 0.0340 e. The second-order valence-corrected chi connectivity index (χ2v) is 5.34. The highest BCUT2D eigenvalue weighted by atomic mass is 32.2. The zero-order valence-electron chi connectivity index (χ0n) is 11.1. The van der Waals surface area contributed by atoms with E-state index in [4.69, 9.17) is 0 Å². The number of hydrogen-bond acceptors (Lipinski definition) is 3. The van der Waals surface area contributed by atoms with Crippen LogP contribution in [-0.4, -0.2) is 43.1 Å². The zero-order chi connectivity index (χ0) is 12.5. The third kappa shape index (κ3) is 5.99. The number of nitrogens with one attached hydrogen (secondary N) is 1. The molecule has 0 radical (unpaired) electrons. The van der Waals surface area contributed by atoms with Gasteiger partial charge in [0.05, 0.1) is 0 Å². The lowest BCUT2D eigenvalue weighted by atomic mass is 10.3. The predicted octanol–water partition coefficient (Wildman–Crippen LogP) is 3.17. The first kappa shape index (κ1) is 14.4. The van der Waals surface area contributed by atoms with Gasteiger partial charge in [-0.25, -0.2) is 0 Å². The number of rotatable bonds is 8. The van der Waals surface area contributed by atoms with Gasteiger partial charge >= 0.3 is 0 Å². The largest absolute Gasteiger partial charge is 0.385 e. The lowest BCUT2D eigenvalue weighted by molar-refractivity contribution is 0.277. The number of thioether (sulfide) groups is 1. The fourth-order valence-corrected chi connectivity index (χ4v) is 2.44. The van der Waals surface area contributed by atoms with Crippen molar-refractivity contribution in [3.63, 3.8) is 0 Å². The third-order valence-corrected chi connectivity index (χ3v) is 3.77. The van der Waals surface area contributed by atoms with Gasteiger partial charge in [0, 0.05) is 24.0 Å². The molecule has 0 fully saturated rings. The Labute approximate surface area is 110 Å². The van der Waals surface area contributed by atoms with Crippen molar-refractivity contribution in [3.05, 3.63) is 30.3 Å². The second-order valence-electron chi connectivity index (χ2n) is 4.43. The normalized spacial score (nSPS) is 12.7. The average molecular weight is 252 g/mol. The average Bonchev–Trinajstić information content (AvgIpc) is 2.36. The van der Waals surface area contributed by atoms with Crippen LogP contribution < -0.4 is 5.32 Å². The molecule has 0 bridgehead atoms. The van der Waals surface area contributed by atoms with E-state index >= 15 is 0 Å². The number of anilines is 1. The summed E-state index contributed by atoms with van der Waals surface area (Å²) in [5.41, 5.74) is 1.22. The SMILES string of the molecule is CSCC(C)N(C)CCCNc1ccccc1. The molecule has 17 heavy (non-hydrogen) atoms. The maximum atomic E-state index is 3.44. The minimum absolute atomic E-state index is 0.668. The van der Waals surface area contributed by atoms with Gasteiger partial charge in [-0.2, -0.15) is 11.8 Å². The van der Waals surface area contributed by atoms with Crippen LogP contribution in [0.4, 0.5) is 5.69 Å². The maximum absolute atomic E-state index is 3.44. The molecule has 0 amide bonds. The molecule has 0 aromatic heterocycles. The van der Waals surface area contributed by atoms with Gasteiger partial charge in [0.1, 0.15) is 0 Å². The van der Waals surface area contributed by atoms with E-state index in [9.17, 15) is 0 Å². The molecule has 1 rings (SSSR count). The molecule has 3 heteroatoms. The molecule has 0 aliphatic heterocycles. The van der Waals surface area contributed by atoms with Gasteiger partial charge < -0.3 is 10.2 Å². The molecule has 1 N–H and O–H groups in total. The topological polar surface area (TPSA) is 15.3 Å². The van der Waals surface area contributed by atoms with E-state index in [1.165, 1.54) is 17.9 Å². The molecule has 1 aromatic rings. The highest BCUT2D eigenvalue weighted by Crippen LogP contribution is 2.06. The van der Waals surface area contributed by atoms with Crippen molar-refractivity contribution in [3.8, 4) is 0 Å². The molecule has 2 nitrogen and oxygen atoms in total. The monoisotopic (exact) mass is 252 g/mol. The van der Waals surface area contributed by atoms with E-state index in [0.717, 1.165) is 13.1 Å². The van der Waals surface area contributed by atoms with Crippen LogP contribution in [0.25, 0.3) is 0 Å². The third-order valence-electron chi connectivity index (χ3n) is 2.95. The molecule has 1 aromatic carbocycles. The number of nitrogens with zero attached hydrogens (tertiary/aromatic N) is 1. The minimum Gasteiger partial charge on any atom is -0.385 e. The van der Waals surface area contributed by atoms with Gasteiger partial charge in [-0.1, -0.05) is 18.2 Å². The fourth-order valence-electron chi connectivity index (χ4n) is 1.71. The molecular weight excluding hydrogens is 228 g/mol. The number of benzene rings is 1. The Bertz CT molecular complexity index is 290. The summed E-state index contributed by atoms with van der Waals surface area (Å²) >= 11 is 1.92. The van der Waals surface area contributed by atoms with Crippen molar-refractivity contribution in [2.45, 2.75) is 19.4 Å². The molecule has 0 saturated carbocycles. The van der Waals surface area contributed by atoms with Crippen LogP contribution in [0, 0.1) is 0 Å². The van der Waals surface area contributed by atoms with Crippen molar-refractivity contribution < 1.29 is 0 Å². The van der Waals surface area contributed by atoms with Gasteiger partial charge in [-0.05, 0) is 45.3 Å². The summed E-state index contributed by atoms with van der Waals surface area (Å²) in [4.78, 5) is 2.43. The highest BCUT2D eigenvalue weighted by Gasteiger charge is 2.06. The Kier molecular flexibility index (Phi) is 7.13. The summed E-state index contributed by atoms with van der Waals surface area (Å²) in [6.45, 7) is 4.49. The van der Waals surface area contributed by atoms with Crippen LogP contribution >= 0.6 is 11.8 Å². The van der Waals surface area contributed by atoms with Crippen molar-refractivity contribution >= 4 is 17.4 Å².